The van der Waals surface area contributed by atoms with Crippen LogP contribution in [0, 0.1) is 23.4 Å². The zero-order valence-electron chi connectivity index (χ0n) is 14.0. The van der Waals surface area contributed by atoms with Crippen molar-refractivity contribution in [2.45, 2.75) is 51.2 Å². The van der Waals surface area contributed by atoms with Crippen molar-refractivity contribution in [3.05, 3.63) is 35.1 Å². The lowest BCUT2D eigenvalue weighted by molar-refractivity contribution is 0.0409. The third-order valence-electron chi connectivity index (χ3n) is 4.58. The van der Waals surface area contributed by atoms with E-state index in [4.69, 9.17) is 4.74 Å². The van der Waals surface area contributed by atoms with Crippen LogP contribution in [0.1, 0.15) is 50.7 Å². The van der Waals surface area contributed by atoms with Crippen molar-refractivity contribution in [3.63, 3.8) is 0 Å². The molecule has 24 heavy (non-hydrogen) atoms. The van der Waals surface area contributed by atoms with Crippen LogP contribution in [0.4, 0.5) is 13.2 Å². The van der Waals surface area contributed by atoms with Crippen LogP contribution in [0.25, 0.3) is 0 Å². The number of halogens is 3. The number of nitrogens with one attached hydrogen (secondary N) is 1. The minimum atomic E-state index is -1.21. The summed E-state index contributed by atoms with van der Waals surface area (Å²) >= 11 is 0. The second-order valence-electron chi connectivity index (χ2n) is 6.34. The Labute approximate surface area is 141 Å². The molecule has 0 aromatic heterocycles. The summed E-state index contributed by atoms with van der Waals surface area (Å²) in [5, 5.41) is 13.5. The molecule has 0 bridgehead atoms. The summed E-state index contributed by atoms with van der Waals surface area (Å²) in [6, 6.07) is 1.52. The van der Waals surface area contributed by atoms with Gasteiger partial charge in [-0.3, -0.25) is 0 Å². The summed E-state index contributed by atoms with van der Waals surface area (Å²) in [4.78, 5) is 0. The van der Waals surface area contributed by atoms with Crippen molar-refractivity contribution in [2.24, 2.45) is 5.92 Å². The van der Waals surface area contributed by atoms with Gasteiger partial charge in [0.15, 0.2) is 11.6 Å². The quantitative estimate of drug-likeness (QED) is 0.706. The van der Waals surface area contributed by atoms with Gasteiger partial charge in [-0.2, -0.15) is 0 Å². The van der Waals surface area contributed by atoms with Crippen molar-refractivity contribution >= 4 is 0 Å². The summed E-state index contributed by atoms with van der Waals surface area (Å²) in [5.41, 5.74) is -0.0943. The van der Waals surface area contributed by atoms with E-state index in [0.717, 1.165) is 32.0 Å². The van der Waals surface area contributed by atoms with E-state index >= 15 is 0 Å². The number of hydrogen-bond acceptors (Lipinski definition) is 3. The van der Waals surface area contributed by atoms with Crippen LogP contribution in [0.15, 0.2) is 12.1 Å². The molecule has 1 aliphatic heterocycles. The molecule has 2 N–H and O–H groups in total. The second kappa shape index (κ2) is 9.39. The Morgan fingerprint density at radius 3 is 2.75 bits per heavy atom. The molecule has 1 aromatic carbocycles. The van der Waals surface area contributed by atoms with Crippen molar-refractivity contribution < 1.29 is 23.0 Å². The predicted octanol–water partition coefficient (Wildman–Crippen LogP) is 3.71. The monoisotopic (exact) mass is 345 g/mol. The van der Waals surface area contributed by atoms with Crippen LogP contribution in [-0.4, -0.2) is 30.9 Å². The van der Waals surface area contributed by atoms with Gasteiger partial charge in [0, 0.05) is 24.8 Å². The average Bonchev–Trinajstić information content (AvgIpc) is 2.58. The summed E-state index contributed by atoms with van der Waals surface area (Å²) < 4.78 is 46.2. The summed E-state index contributed by atoms with van der Waals surface area (Å²) in [5.74, 6) is -2.86. The average molecular weight is 345 g/mol. The van der Waals surface area contributed by atoms with Crippen molar-refractivity contribution in [1.82, 2.24) is 5.32 Å². The molecule has 0 spiro atoms. The Morgan fingerprint density at radius 2 is 2.08 bits per heavy atom. The molecule has 3 atom stereocenters. The van der Waals surface area contributed by atoms with E-state index in [-0.39, 0.29) is 11.5 Å². The van der Waals surface area contributed by atoms with E-state index in [1.807, 2.05) is 0 Å². The highest BCUT2D eigenvalue weighted by atomic mass is 19.2. The van der Waals surface area contributed by atoms with Crippen molar-refractivity contribution in [2.75, 3.05) is 19.7 Å². The van der Waals surface area contributed by atoms with E-state index < -0.39 is 29.7 Å². The summed E-state index contributed by atoms with van der Waals surface area (Å²) in [6.45, 7) is 3.86. The zero-order valence-corrected chi connectivity index (χ0v) is 14.0. The Balaban J connectivity index is 1.94. The molecule has 1 aliphatic rings. The molecule has 136 valence electrons. The minimum Gasteiger partial charge on any atom is -0.393 e. The maximum Gasteiger partial charge on any atom is 0.164 e. The van der Waals surface area contributed by atoms with Gasteiger partial charge < -0.3 is 15.2 Å². The van der Waals surface area contributed by atoms with Crippen LogP contribution in [-0.2, 0) is 4.74 Å². The number of aliphatic hydroxyl groups excluding tert-OH is 1. The van der Waals surface area contributed by atoms with Crippen LogP contribution in [0.3, 0.4) is 0 Å². The SMILES string of the molecule is CCOC(CCCC(O)[C@@H]1CCCNC1)c1cc(F)cc(F)c1F. The summed E-state index contributed by atoms with van der Waals surface area (Å²) in [7, 11) is 0. The van der Waals surface area contributed by atoms with Gasteiger partial charge in [0.25, 0.3) is 0 Å². The number of ether oxygens (including phenoxy) is 1. The summed E-state index contributed by atoms with van der Waals surface area (Å²) in [6.07, 6.45) is 2.48. The van der Waals surface area contributed by atoms with Gasteiger partial charge in [-0.25, -0.2) is 13.2 Å². The Hall–Kier alpha value is -1.11. The lowest BCUT2D eigenvalue weighted by Crippen LogP contribution is -2.36. The molecule has 2 unspecified atom stereocenters. The number of benzene rings is 1. The highest BCUT2D eigenvalue weighted by Crippen LogP contribution is 2.29. The second-order valence-corrected chi connectivity index (χ2v) is 6.34. The lowest BCUT2D eigenvalue weighted by atomic mass is 9.90. The fraction of sp³-hybridized carbons (Fsp3) is 0.667. The van der Waals surface area contributed by atoms with Gasteiger partial charge in [0.1, 0.15) is 5.82 Å². The van der Waals surface area contributed by atoms with Gasteiger partial charge >= 0.3 is 0 Å². The predicted molar refractivity (Wildman–Crippen MR) is 86.1 cm³/mol. The molecule has 1 heterocycles. The fourth-order valence-corrected chi connectivity index (χ4v) is 3.30. The fourth-order valence-electron chi connectivity index (χ4n) is 3.30. The standard InChI is InChI=1S/C18H26F3NO2/c1-2-24-17(14-9-13(19)10-15(20)18(14)21)7-3-6-16(23)12-5-4-8-22-11-12/h9-10,12,16-17,22-23H,2-8,11H2,1H3/t12-,16?,17?/m1/s1. The third kappa shape index (κ3) is 5.19. The number of aliphatic hydroxyl groups is 1. The Bertz CT molecular complexity index is 521. The first-order valence-electron chi connectivity index (χ1n) is 8.67. The van der Waals surface area contributed by atoms with Gasteiger partial charge in [-0.05, 0) is 57.6 Å². The Morgan fingerprint density at radius 1 is 1.29 bits per heavy atom. The highest BCUT2D eigenvalue weighted by molar-refractivity contribution is 5.22. The first-order chi connectivity index (χ1) is 11.5. The van der Waals surface area contributed by atoms with Crippen LogP contribution >= 0.6 is 0 Å². The third-order valence-corrected chi connectivity index (χ3v) is 4.58. The molecule has 1 saturated heterocycles. The van der Waals surface area contributed by atoms with Crippen LogP contribution in [0.5, 0.6) is 0 Å². The molecular formula is C18H26F3NO2. The zero-order chi connectivity index (χ0) is 17.5. The van der Waals surface area contributed by atoms with Gasteiger partial charge in [0.05, 0.1) is 12.2 Å². The van der Waals surface area contributed by atoms with Crippen LogP contribution in [0.2, 0.25) is 0 Å². The molecular weight excluding hydrogens is 319 g/mol. The van der Waals surface area contributed by atoms with Crippen LogP contribution < -0.4 is 5.32 Å². The van der Waals surface area contributed by atoms with E-state index in [0.29, 0.717) is 31.9 Å². The first kappa shape index (κ1) is 19.2. The molecule has 0 saturated carbocycles. The molecule has 3 nitrogen and oxygen atoms in total. The molecule has 6 heteroatoms. The van der Waals surface area contributed by atoms with E-state index in [1.54, 1.807) is 6.92 Å². The molecule has 2 rings (SSSR count). The van der Waals surface area contributed by atoms with Gasteiger partial charge in [0.2, 0.25) is 0 Å². The first-order valence-corrected chi connectivity index (χ1v) is 8.67. The maximum absolute atomic E-state index is 14.0. The van der Waals surface area contributed by atoms with Gasteiger partial charge in [-0.1, -0.05) is 0 Å². The van der Waals surface area contributed by atoms with Crippen molar-refractivity contribution in [1.29, 1.82) is 0 Å². The molecule has 0 radical (unpaired) electrons. The molecule has 1 fully saturated rings. The van der Waals surface area contributed by atoms with Gasteiger partial charge in [-0.15, -0.1) is 0 Å². The van der Waals surface area contributed by atoms with E-state index in [1.165, 1.54) is 0 Å². The van der Waals surface area contributed by atoms with E-state index in [9.17, 15) is 18.3 Å². The molecule has 0 amide bonds. The number of hydrogen-bond donors (Lipinski definition) is 2. The van der Waals surface area contributed by atoms with Crippen molar-refractivity contribution in [3.8, 4) is 0 Å². The highest BCUT2D eigenvalue weighted by Gasteiger charge is 2.23. The number of piperidine rings is 1. The van der Waals surface area contributed by atoms with E-state index in [2.05, 4.69) is 5.32 Å². The molecule has 0 aliphatic carbocycles. The largest absolute Gasteiger partial charge is 0.393 e. The molecule has 1 aromatic rings. The topological polar surface area (TPSA) is 41.5 Å². The minimum absolute atomic E-state index is 0.0943. The Kier molecular flexibility index (Phi) is 7.52. The normalized spacial score (nSPS) is 20.8. The smallest absolute Gasteiger partial charge is 0.164 e. The number of rotatable bonds is 8. The maximum atomic E-state index is 14.0. The lowest BCUT2D eigenvalue weighted by Gasteiger charge is -2.27.